The van der Waals surface area contributed by atoms with Crippen molar-refractivity contribution in [1.29, 1.82) is 0 Å². The van der Waals surface area contributed by atoms with Crippen LogP contribution in [-0.2, 0) is 9.53 Å². The van der Waals surface area contributed by atoms with Crippen molar-refractivity contribution in [2.75, 3.05) is 0 Å². The van der Waals surface area contributed by atoms with Gasteiger partial charge in [0.1, 0.15) is 6.10 Å². The van der Waals surface area contributed by atoms with E-state index < -0.39 is 0 Å². The minimum atomic E-state index is 0.0710. The molecular weight excluding hydrogens is 476 g/mol. The summed E-state index contributed by atoms with van der Waals surface area (Å²) in [5, 5.41) is 0. The Balaban J connectivity index is 1.15. The van der Waals surface area contributed by atoms with Gasteiger partial charge in [-0.25, -0.2) is 0 Å². The van der Waals surface area contributed by atoms with Crippen LogP contribution in [0.15, 0.2) is 11.6 Å². The van der Waals surface area contributed by atoms with Gasteiger partial charge in [0.25, 0.3) is 0 Å². The lowest BCUT2D eigenvalue weighted by Gasteiger charge is -2.58. The minimum Gasteiger partial charge on any atom is -0.462 e. The molecular formula is C37H62O2. The molecule has 0 heterocycles. The molecule has 222 valence electrons. The molecule has 0 aromatic carbocycles. The first-order valence-electron chi connectivity index (χ1n) is 17.6. The van der Waals surface area contributed by atoms with Crippen molar-refractivity contribution in [3.05, 3.63) is 11.6 Å². The largest absolute Gasteiger partial charge is 0.462 e. The zero-order valence-corrected chi connectivity index (χ0v) is 26.4. The summed E-state index contributed by atoms with van der Waals surface area (Å²) in [6.45, 7) is 12.6. The van der Waals surface area contributed by atoms with Crippen molar-refractivity contribution in [2.24, 2.45) is 52.3 Å². The molecule has 8 atom stereocenters. The van der Waals surface area contributed by atoms with Gasteiger partial charge in [-0.2, -0.15) is 0 Å². The lowest BCUT2D eigenvalue weighted by Crippen LogP contribution is -2.51. The van der Waals surface area contributed by atoms with Crippen molar-refractivity contribution >= 4 is 5.97 Å². The molecule has 0 saturated heterocycles. The molecule has 0 aromatic rings. The van der Waals surface area contributed by atoms with E-state index in [2.05, 4.69) is 40.7 Å². The Morgan fingerprint density at radius 2 is 1.72 bits per heavy atom. The second kappa shape index (κ2) is 12.6. The molecule has 5 rings (SSSR count). The Morgan fingerprint density at radius 1 is 0.923 bits per heavy atom. The zero-order valence-electron chi connectivity index (χ0n) is 26.4. The lowest BCUT2D eigenvalue weighted by molar-refractivity contribution is -0.151. The molecule has 4 fully saturated rings. The molecule has 0 N–H and O–H groups in total. The standard InChI is InChI=1S/C37H62O2/c1-26(2)11-9-12-27(3)32-19-20-33-31-18-17-29-25-30(21-23-36(29,4)34(31)22-24-37(32,33)5)39-35(38)16-10-15-28-13-7-6-8-14-28/h17,26-28,30-34H,6-16,18-25H2,1-5H3/t27-,30+,31-,32+,33-,34-,36-,37+/m0/s1. The fourth-order valence-electron chi connectivity index (χ4n) is 11.0. The van der Waals surface area contributed by atoms with Crippen molar-refractivity contribution in [3.8, 4) is 0 Å². The monoisotopic (exact) mass is 538 g/mol. The van der Waals surface area contributed by atoms with Crippen molar-refractivity contribution < 1.29 is 9.53 Å². The maximum absolute atomic E-state index is 12.7. The number of esters is 1. The molecule has 5 aliphatic rings. The van der Waals surface area contributed by atoms with Gasteiger partial charge in [-0.05, 0) is 110 Å². The third-order valence-electron chi connectivity index (χ3n) is 13.3. The smallest absolute Gasteiger partial charge is 0.306 e. The highest BCUT2D eigenvalue weighted by Crippen LogP contribution is 2.67. The van der Waals surface area contributed by atoms with Crippen molar-refractivity contribution in [1.82, 2.24) is 0 Å². The van der Waals surface area contributed by atoms with E-state index in [-0.39, 0.29) is 12.1 Å². The second-order valence-corrected chi connectivity index (χ2v) is 16.0. The highest BCUT2D eigenvalue weighted by molar-refractivity contribution is 5.69. The Labute approximate surface area is 241 Å². The first-order chi connectivity index (χ1) is 18.7. The SMILES string of the molecule is CC(C)CCC[C@H](C)[C@H]1CC[C@H]2[C@@H]3CC=C4C[C@H](OC(=O)CCCC5CCCCC5)CC[C@]4(C)[C@H]3CC[C@]12C. The number of fused-ring (bicyclic) bond motifs is 5. The third kappa shape index (κ3) is 6.35. The van der Waals surface area contributed by atoms with Gasteiger partial charge < -0.3 is 4.74 Å². The summed E-state index contributed by atoms with van der Waals surface area (Å²) in [5.41, 5.74) is 2.55. The van der Waals surface area contributed by atoms with Gasteiger partial charge in [0.15, 0.2) is 0 Å². The molecule has 2 heteroatoms. The molecule has 0 spiro atoms. The highest BCUT2D eigenvalue weighted by atomic mass is 16.5. The lowest BCUT2D eigenvalue weighted by atomic mass is 9.47. The van der Waals surface area contributed by atoms with E-state index >= 15 is 0 Å². The molecule has 2 nitrogen and oxygen atoms in total. The third-order valence-corrected chi connectivity index (χ3v) is 13.3. The van der Waals surface area contributed by atoms with E-state index in [9.17, 15) is 4.79 Å². The van der Waals surface area contributed by atoms with Gasteiger partial charge in [0.05, 0.1) is 0 Å². The van der Waals surface area contributed by atoms with Gasteiger partial charge in [0, 0.05) is 12.8 Å². The van der Waals surface area contributed by atoms with Gasteiger partial charge in [-0.1, -0.05) is 97.6 Å². The van der Waals surface area contributed by atoms with Crippen molar-refractivity contribution in [3.63, 3.8) is 0 Å². The van der Waals surface area contributed by atoms with E-state index in [1.165, 1.54) is 96.3 Å². The molecule has 39 heavy (non-hydrogen) atoms. The maximum atomic E-state index is 12.7. The van der Waals surface area contributed by atoms with Crippen LogP contribution in [0.25, 0.3) is 0 Å². The van der Waals surface area contributed by atoms with E-state index in [4.69, 9.17) is 4.74 Å². The summed E-state index contributed by atoms with van der Waals surface area (Å²) in [6, 6.07) is 0. The average molecular weight is 539 g/mol. The zero-order chi connectivity index (χ0) is 27.6. The Bertz CT molecular complexity index is 851. The Hall–Kier alpha value is -0.790. The summed E-state index contributed by atoms with van der Waals surface area (Å²) < 4.78 is 6.10. The van der Waals surface area contributed by atoms with Crippen LogP contribution in [0.5, 0.6) is 0 Å². The van der Waals surface area contributed by atoms with Gasteiger partial charge in [0.2, 0.25) is 0 Å². The summed E-state index contributed by atoms with van der Waals surface area (Å²) in [4.78, 5) is 12.7. The number of hydrogen-bond acceptors (Lipinski definition) is 2. The van der Waals surface area contributed by atoms with Crippen LogP contribution in [0.2, 0.25) is 0 Å². The van der Waals surface area contributed by atoms with Crippen LogP contribution in [0, 0.1) is 52.3 Å². The summed E-state index contributed by atoms with van der Waals surface area (Å²) >= 11 is 0. The first-order valence-corrected chi connectivity index (χ1v) is 17.6. The number of carbonyl (C=O) groups excluding carboxylic acids is 1. The first kappa shape index (κ1) is 29.7. The average Bonchev–Trinajstić information content (AvgIpc) is 3.26. The van der Waals surface area contributed by atoms with Crippen LogP contribution >= 0.6 is 0 Å². The molecule has 0 aliphatic heterocycles. The van der Waals surface area contributed by atoms with Crippen LogP contribution in [-0.4, -0.2) is 12.1 Å². The van der Waals surface area contributed by atoms with Crippen molar-refractivity contribution in [2.45, 2.75) is 163 Å². The normalized spacial score (nSPS) is 39.4. The van der Waals surface area contributed by atoms with E-state index in [0.29, 0.717) is 17.3 Å². The molecule has 4 saturated carbocycles. The second-order valence-electron chi connectivity index (χ2n) is 16.0. The number of rotatable bonds is 10. The Kier molecular flexibility index (Phi) is 9.60. The molecule has 0 radical (unpaired) electrons. The summed E-state index contributed by atoms with van der Waals surface area (Å²) in [7, 11) is 0. The highest BCUT2D eigenvalue weighted by Gasteiger charge is 2.59. The van der Waals surface area contributed by atoms with Crippen LogP contribution in [0.4, 0.5) is 0 Å². The Morgan fingerprint density at radius 3 is 2.49 bits per heavy atom. The fourth-order valence-corrected chi connectivity index (χ4v) is 11.0. The molecule has 0 aromatic heterocycles. The van der Waals surface area contributed by atoms with Crippen LogP contribution in [0.1, 0.15) is 157 Å². The van der Waals surface area contributed by atoms with Gasteiger partial charge in [-0.3, -0.25) is 4.79 Å². The number of allylic oxidation sites excluding steroid dienone is 1. The van der Waals surface area contributed by atoms with E-state index in [1.807, 2.05) is 0 Å². The quantitative estimate of drug-likeness (QED) is 0.204. The summed E-state index contributed by atoms with van der Waals surface area (Å²) in [6.07, 6.45) is 27.2. The number of hydrogen-bond donors (Lipinski definition) is 0. The predicted octanol–water partition coefficient (Wildman–Crippen LogP) is 10.7. The molecule has 0 unspecified atom stereocenters. The number of carbonyl (C=O) groups is 1. The summed E-state index contributed by atoms with van der Waals surface area (Å²) in [5.74, 6) is 6.23. The fraction of sp³-hybridized carbons (Fsp3) is 0.919. The molecule has 0 bridgehead atoms. The van der Waals surface area contributed by atoms with Crippen LogP contribution < -0.4 is 0 Å². The van der Waals surface area contributed by atoms with Gasteiger partial charge >= 0.3 is 5.97 Å². The van der Waals surface area contributed by atoms with E-state index in [1.54, 1.807) is 5.57 Å². The molecule has 5 aliphatic carbocycles. The molecule has 0 amide bonds. The van der Waals surface area contributed by atoms with Crippen LogP contribution in [0.3, 0.4) is 0 Å². The van der Waals surface area contributed by atoms with E-state index in [0.717, 1.165) is 60.7 Å². The predicted molar refractivity (Wildman–Crippen MR) is 163 cm³/mol. The maximum Gasteiger partial charge on any atom is 0.306 e. The topological polar surface area (TPSA) is 26.3 Å². The number of ether oxygens (including phenoxy) is 1. The minimum absolute atomic E-state index is 0.0710. The van der Waals surface area contributed by atoms with Gasteiger partial charge in [-0.15, -0.1) is 0 Å².